The number of nitrogens with zero attached hydrogens (tertiary/aromatic N) is 2. The maximum absolute atomic E-state index is 6.33. The van der Waals surface area contributed by atoms with Gasteiger partial charge < -0.3 is 15.8 Å². The average Bonchev–Trinajstić information content (AvgIpc) is 2.38. The molecule has 0 unspecified atom stereocenters. The third-order valence-corrected chi connectivity index (χ3v) is 3.29. The smallest absolute Gasteiger partial charge is 0.226 e. The molecule has 94 valence electrons. The van der Waals surface area contributed by atoms with Gasteiger partial charge in [-0.05, 0) is 12.8 Å². The van der Waals surface area contributed by atoms with Crippen molar-refractivity contribution in [2.24, 2.45) is 5.73 Å². The third-order valence-electron chi connectivity index (χ3n) is 3.29. The predicted octanol–water partition coefficient (Wildman–Crippen LogP) is 1.56. The Morgan fingerprint density at radius 3 is 2.88 bits per heavy atom. The summed E-state index contributed by atoms with van der Waals surface area (Å²) >= 11 is 0. The largest absolute Gasteiger partial charge is 0.481 e. The zero-order valence-electron chi connectivity index (χ0n) is 10.3. The molecule has 5 nitrogen and oxygen atoms in total. The summed E-state index contributed by atoms with van der Waals surface area (Å²) in [7, 11) is 1.59. The molecule has 0 saturated heterocycles. The number of nitrogens with one attached hydrogen (secondary N) is 1. The highest BCUT2D eigenvalue weighted by Gasteiger charge is 2.27. The lowest BCUT2D eigenvalue weighted by Crippen LogP contribution is -2.47. The fraction of sp³-hybridized carbons (Fsp3) is 0.667. The standard InChI is InChI=1S/C12H20N4O/c1-17-10-5-8-14-11(16-10)15-9-12(13)6-3-2-4-7-12/h5,8H,2-4,6-7,9,13H2,1H3,(H,14,15,16). The van der Waals surface area contributed by atoms with Gasteiger partial charge in [0.2, 0.25) is 11.8 Å². The molecule has 1 aromatic rings. The molecule has 0 aliphatic heterocycles. The molecule has 0 bridgehead atoms. The van der Waals surface area contributed by atoms with Gasteiger partial charge >= 0.3 is 0 Å². The van der Waals surface area contributed by atoms with Gasteiger partial charge in [0, 0.05) is 24.3 Å². The highest BCUT2D eigenvalue weighted by atomic mass is 16.5. The molecule has 1 heterocycles. The van der Waals surface area contributed by atoms with Crippen molar-refractivity contribution in [1.82, 2.24) is 9.97 Å². The van der Waals surface area contributed by atoms with Crippen LogP contribution < -0.4 is 15.8 Å². The van der Waals surface area contributed by atoms with Gasteiger partial charge in [0.05, 0.1) is 7.11 Å². The van der Waals surface area contributed by atoms with E-state index in [-0.39, 0.29) is 5.54 Å². The van der Waals surface area contributed by atoms with Crippen LogP contribution in [-0.4, -0.2) is 29.2 Å². The molecule has 17 heavy (non-hydrogen) atoms. The first kappa shape index (κ1) is 12.1. The first-order chi connectivity index (χ1) is 8.22. The monoisotopic (exact) mass is 236 g/mol. The molecule has 5 heteroatoms. The first-order valence-corrected chi connectivity index (χ1v) is 6.12. The summed E-state index contributed by atoms with van der Waals surface area (Å²) in [5.74, 6) is 1.15. The quantitative estimate of drug-likeness (QED) is 0.830. The summed E-state index contributed by atoms with van der Waals surface area (Å²) < 4.78 is 5.05. The van der Waals surface area contributed by atoms with Gasteiger partial charge in [0.1, 0.15) is 0 Å². The van der Waals surface area contributed by atoms with Crippen LogP contribution in [-0.2, 0) is 0 Å². The summed E-state index contributed by atoms with van der Waals surface area (Å²) in [6.07, 6.45) is 7.56. The van der Waals surface area contributed by atoms with E-state index in [1.165, 1.54) is 19.3 Å². The average molecular weight is 236 g/mol. The lowest BCUT2D eigenvalue weighted by molar-refractivity contribution is 0.310. The Labute approximate surface area is 102 Å². The van der Waals surface area contributed by atoms with Crippen LogP contribution in [0.5, 0.6) is 5.88 Å². The zero-order valence-corrected chi connectivity index (χ0v) is 10.3. The van der Waals surface area contributed by atoms with Gasteiger partial charge in [0.15, 0.2) is 0 Å². The summed E-state index contributed by atoms with van der Waals surface area (Å²) in [6, 6.07) is 1.73. The van der Waals surface area contributed by atoms with E-state index >= 15 is 0 Å². The van der Waals surface area contributed by atoms with Crippen LogP contribution in [0.4, 0.5) is 5.95 Å². The van der Waals surface area contributed by atoms with E-state index < -0.39 is 0 Å². The van der Waals surface area contributed by atoms with Crippen molar-refractivity contribution in [3.63, 3.8) is 0 Å². The Kier molecular flexibility index (Phi) is 3.78. The molecule has 2 rings (SSSR count). The van der Waals surface area contributed by atoms with Crippen LogP contribution in [0.2, 0.25) is 0 Å². The van der Waals surface area contributed by atoms with Crippen molar-refractivity contribution in [2.45, 2.75) is 37.6 Å². The molecular formula is C12H20N4O. The van der Waals surface area contributed by atoms with E-state index in [0.29, 0.717) is 11.8 Å². The molecule has 0 radical (unpaired) electrons. The number of anilines is 1. The molecule has 3 N–H and O–H groups in total. The Morgan fingerprint density at radius 1 is 1.41 bits per heavy atom. The van der Waals surface area contributed by atoms with Crippen LogP contribution in [0.25, 0.3) is 0 Å². The van der Waals surface area contributed by atoms with Gasteiger partial charge in [-0.25, -0.2) is 4.98 Å². The summed E-state index contributed by atoms with van der Waals surface area (Å²) in [6.45, 7) is 0.722. The molecule has 1 saturated carbocycles. The minimum atomic E-state index is -0.106. The summed E-state index contributed by atoms with van der Waals surface area (Å²) in [5.41, 5.74) is 6.22. The van der Waals surface area contributed by atoms with Crippen LogP contribution in [0, 0.1) is 0 Å². The van der Waals surface area contributed by atoms with Gasteiger partial charge in [-0.3, -0.25) is 0 Å². The van der Waals surface area contributed by atoms with E-state index in [4.69, 9.17) is 10.5 Å². The van der Waals surface area contributed by atoms with E-state index in [0.717, 1.165) is 19.4 Å². The van der Waals surface area contributed by atoms with Crippen LogP contribution in [0.1, 0.15) is 32.1 Å². The lowest BCUT2D eigenvalue weighted by Gasteiger charge is -2.33. The number of methoxy groups -OCH3 is 1. The predicted molar refractivity (Wildman–Crippen MR) is 67.1 cm³/mol. The maximum atomic E-state index is 6.33. The normalized spacial score (nSPS) is 18.7. The second-order valence-corrected chi connectivity index (χ2v) is 4.70. The molecule has 1 aliphatic rings. The molecule has 0 atom stereocenters. The highest BCUT2D eigenvalue weighted by Crippen LogP contribution is 2.25. The number of nitrogens with two attached hydrogens (primary N) is 1. The Hall–Kier alpha value is -1.36. The van der Waals surface area contributed by atoms with E-state index in [2.05, 4.69) is 15.3 Å². The second-order valence-electron chi connectivity index (χ2n) is 4.70. The Balaban J connectivity index is 1.92. The summed E-state index contributed by atoms with van der Waals surface area (Å²) in [5, 5.41) is 3.20. The Morgan fingerprint density at radius 2 is 2.18 bits per heavy atom. The van der Waals surface area contributed by atoms with Crippen LogP contribution in [0.15, 0.2) is 12.3 Å². The highest BCUT2D eigenvalue weighted by molar-refractivity contribution is 5.28. The maximum Gasteiger partial charge on any atom is 0.226 e. The molecule has 0 aromatic carbocycles. The molecule has 1 fully saturated rings. The van der Waals surface area contributed by atoms with Gasteiger partial charge in [-0.15, -0.1) is 0 Å². The van der Waals surface area contributed by atoms with Crippen molar-refractivity contribution in [3.8, 4) is 5.88 Å². The summed E-state index contributed by atoms with van der Waals surface area (Å²) in [4.78, 5) is 8.35. The van der Waals surface area contributed by atoms with E-state index in [1.54, 1.807) is 19.4 Å². The van der Waals surface area contributed by atoms with Crippen LogP contribution in [0.3, 0.4) is 0 Å². The Bertz CT molecular complexity index is 363. The van der Waals surface area contributed by atoms with Gasteiger partial charge in [-0.2, -0.15) is 4.98 Å². The van der Waals surface area contributed by atoms with Crippen LogP contribution >= 0.6 is 0 Å². The second kappa shape index (κ2) is 5.31. The molecule has 1 aliphatic carbocycles. The number of ether oxygens (including phenoxy) is 1. The van der Waals surface area contributed by atoms with Crippen molar-refractivity contribution in [2.75, 3.05) is 19.0 Å². The number of hydrogen-bond acceptors (Lipinski definition) is 5. The van der Waals surface area contributed by atoms with Crippen molar-refractivity contribution >= 4 is 5.95 Å². The number of hydrogen-bond donors (Lipinski definition) is 2. The minimum absolute atomic E-state index is 0.106. The fourth-order valence-corrected chi connectivity index (χ4v) is 2.23. The number of aromatic nitrogens is 2. The van der Waals surface area contributed by atoms with E-state index in [1.807, 2.05) is 0 Å². The SMILES string of the molecule is COc1ccnc(NCC2(N)CCCCC2)n1. The molecule has 1 aromatic heterocycles. The molecule has 0 spiro atoms. The van der Waals surface area contributed by atoms with Crippen molar-refractivity contribution in [1.29, 1.82) is 0 Å². The van der Waals surface area contributed by atoms with E-state index in [9.17, 15) is 0 Å². The minimum Gasteiger partial charge on any atom is -0.481 e. The third kappa shape index (κ3) is 3.30. The lowest BCUT2D eigenvalue weighted by atomic mass is 9.82. The van der Waals surface area contributed by atoms with Gasteiger partial charge in [-0.1, -0.05) is 19.3 Å². The van der Waals surface area contributed by atoms with Crippen molar-refractivity contribution in [3.05, 3.63) is 12.3 Å². The molecule has 0 amide bonds. The first-order valence-electron chi connectivity index (χ1n) is 6.12. The van der Waals surface area contributed by atoms with Gasteiger partial charge in [0.25, 0.3) is 0 Å². The topological polar surface area (TPSA) is 73.1 Å². The number of rotatable bonds is 4. The van der Waals surface area contributed by atoms with Crippen molar-refractivity contribution < 1.29 is 4.74 Å². The molecular weight excluding hydrogens is 216 g/mol. The zero-order chi connectivity index (χ0) is 12.1. The fourth-order valence-electron chi connectivity index (χ4n) is 2.23.